The molecule has 2 aliphatic rings. The molecule has 1 aromatic rings. The number of ether oxygens (including phenoxy) is 2. The van der Waals surface area contributed by atoms with Gasteiger partial charge in [0.2, 0.25) is 0 Å². The lowest BCUT2D eigenvalue weighted by Crippen LogP contribution is -2.48. The fraction of sp³-hybridized carbons (Fsp3) is 0.579. The van der Waals surface area contributed by atoms with Crippen molar-refractivity contribution in [2.75, 3.05) is 13.7 Å². The molecule has 130 valence electrons. The maximum Gasteiger partial charge on any atom is 0.410 e. The van der Waals surface area contributed by atoms with Gasteiger partial charge >= 0.3 is 6.09 Å². The summed E-state index contributed by atoms with van der Waals surface area (Å²) in [6.45, 7) is 0.777. The predicted octanol–water partition coefficient (Wildman–Crippen LogP) is 3.17. The summed E-state index contributed by atoms with van der Waals surface area (Å²) in [7, 11) is 1.61. The molecule has 5 heteroatoms. The number of fused-ring (bicyclic) bond motifs is 2. The molecule has 1 amide bonds. The summed E-state index contributed by atoms with van der Waals surface area (Å²) in [5.74, 6) is 0.335. The van der Waals surface area contributed by atoms with Crippen LogP contribution in [0.15, 0.2) is 30.3 Å². The molecule has 0 saturated carbocycles. The van der Waals surface area contributed by atoms with E-state index in [0.29, 0.717) is 19.6 Å². The van der Waals surface area contributed by atoms with Gasteiger partial charge in [0.15, 0.2) is 0 Å². The highest BCUT2D eigenvalue weighted by molar-refractivity contribution is 5.82. The number of amides is 1. The summed E-state index contributed by atoms with van der Waals surface area (Å²) >= 11 is 0. The molecule has 0 aromatic heterocycles. The highest BCUT2D eigenvalue weighted by Crippen LogP contribution is 2.39. The lowest BCUT2D eigenvalue weighted by molar-refractivity contribution is -0.126. The lowest BCUT2D eigenvalue weighted by Gasteiger charge is -2.37. The zero-order valence-corrected chi connectivity index (χ0v) is 14.1. The average molecular weight is 331 g/mol. The molecule has 2 unspecified atom stereocenters. The molecule has 3 rings (SSSR count). The van der Waals surface area contributed by atoms with E-state index in [1.807, 2.05) is 35.2 Å². The van der Waals surface area contributed by atoms with Crippen molar-refractivity contribution >= 4 is 11.9 Å². The maximum atomic E-state index is 12.5. The molecule has 2 bridgehead atoms. The first-order chi connectivity index (χ1) is 11.7. The number of benzene rings is 1. The molecule has 0 N–H and O–H groups in total. The van der Waals surface area contributed by atoms with E-state index < -0.39 is 0 Å². The zero-order chi connectivity index (χ0) is 16.9. The van der Waals surface area contributed by atoms with Crippen molar-refractivity contribution in [3.05, 3.63) is 35.9 Å². The molecule has 2 atom stereocenters. The first kappa shape index (κ1) is 17.0. The monoisotopic (exact) mass is 331 g/mol. The molecule has 5 nitrogen and oxygen atoms in total. The Bertz CT molecular complexity index is 560. The Labute approximate surface area is 142 Å². The third kappa shape index (κ3) is 3.78. The number of hydrogen-bond acceptors (Lipinski definition) is 4. The Hall–Kier alpha value is -1.88. The van der Waals surface area contributed by atoms with Crippen LogP contribution in [0.1, 0.15) is 37.7 Å². The van der Waals surface area contributed by atoms with Crippen LogP contribution >= 0.6 is 0 Å². The number of nitrogens with zero attached hydrogens (tertiary/aromatic N) is 1. The zero-order valence-electron chi connectivity index (χ0n) is 14.1. The standard InChI is InChI=1S/C19H25NO4/c1-23-10-9-18(21)15-11-16-7-8-17(12-15)20(16)19(22)24-13-14-5-3-2-4-6-14/h2-6,15-17H,7-13H2,1H3. The quantitative estimate of drug-likeness (QED) is 0.803. The van der Waals surface area contributed by atoms with Crippen molar-refractivity contribution in [2.24, 2.45) is 5.92 Å². The van der Waals surface area contributed by atoms with Crippen LogP contribution in [0.4, 0.5) is 4.79 Å². The van der Waals surface area contributed by atoms with E-state index in [1.54, 1.807) is 7.11 Å². The SMILES string of the molecule is COCCC(=O)C1CC2CCC(C1)N2C(=O)OCc1ccccc1. The normalized spacial score (nSPS) is 25.5. The van der Waals surface area contributed by atoms with Gasteiger partial charge < -0.3 is 14.4 Å². The topological polar surface area (TPSA) is 55.8 Å². The van der Waals surface area contributed by atoms with Crippen molar-refractivity contribution in [3.63, 3.8) is 0 Å². The number of rotatable bonds is 6. The highest BCUT2D eigenvalue weighted by atomic mass is 16.6. The van der Waals surface area contributed by atoms with Crippen LogP contribution < -0.4 is 0 Å². The lowest BCUT2D eigenvalue weighted by atomic mass is 9.86. The van der Waals surface area contributed by atoms with Gasteiger partial charge in [-0.2, -0.15) is 0 Å². The Morgan fingerprint density at radius 2 is 1.79 bits per heavy atom. The third-order valence-corrected chi connectivity index (χ3v) is 5.16. The minimum atomic E-state index is -0.242. The molecular formula is C19H25NO4. The Morgan fingerprint density at radius 1 is 1.12 bits per heavy atom. The van der Waals surface area contributed by atoms with Crippen molar-refractivity contribution in [3.8, 4) is 0 Å². The molecule has 0 spiro atoms. The first-order valence-corrected chi connectivity index (χ1v) is 8.69. The first-order valence-electron chi connectivity index (χ1n) is 8.69. The number of hydrogen-bond donors (Lipinski definition) is 0. The van der Waals surface area contributed by atoms with Crippen molar-refractivity contribution < 1.29 is 19.1 Å². The predicted molar refractivity (Wildman–Crippen MR) is 89.5 cm³/mol. The van der Waals surface area contributed by atoms with E-state index >= 15 is 0 Å². The van der Waals surface area contributed by atoms with Gasteiger partial charge in [0, 0.05) is 31.5 Å². The molecule has 0 aliphatic carbocycles. The van der Waals surface area contributed by atoms with Crippen molar-refractivity contribution in [2.45, 2.75) is 50.8 Å². The molecule has 1 aromatic carbocycles. The minimum absolute atomic E-state index is 0.0656. The Kier molecular flexibility index (Phi) is 5.51. The molecule has 2 heterocycles. The van der Waals surface area contributed by atoms with E-state index in [4.69, 9.17) is 9.47 Å². The van der Waals surface area contributed by atoms with Gasteiger partial charge in [-0.25, -0.2) is 4.79 Å². The molecule has 2 fully saturated rings. The van der Waals surface area contributed by atoms with Crippen LogP contribution in [0.3, 0.4) is 0 Å². The van der Waals surface area contributed by atoms with E-state index in [2.05, 4.69) is 0 Å². The number of carbonyl (C=O) groups is 2. The van der Waals surface area contributed by atoms with Crippen molar-refractivity contribution in [1.82, 2.24) is 4.90 Å². The minimum Gasteiger partial charge on any atom is -0.445 e. The number of carbonyl (C=O) groups excluding carboxylic acids is 2. The van der Waals surface area contributed by atoms with Gasteiger partial charge in [-0.15, -0.1) is 0 Å². The molecule has 2 saturated heterocycles. The fourth-order valence-electron chi connectivity index (χ4n) is 3.94. The third-order valence-electron chi connectivity index (χ3n) is 5.16. The number of Topliss-reactive ketones (excluding diaryl/α,β-unsaturated/α-hetero) is 1. The van der Waals surface area contributed by atoms with Gasteiger partial charge in [0.25, 0.3) is 0 Å². The summed E-state index contributed by atoms with van der Waals surface area (Å²) in [6.07, 6.45) is 3.70. The molecule has 2 aliphatic heterocycles. The smallest absolute Gasteiger partial charge is 0.410 e. The van der Waals surface area contributed by atoms with Crippen LogP contribution in [-0.2, 0) is 20.9 Å². The Balaban J connectivity index is 1.54. The summed E-state index contributed by atoms with van der Waals surface area (Å²) < 4.78 is 10.5. The largest absolute Gasteiger partial charge is 0.445 e. The van der Waals surface area contributed by atoms with E-state index in [1.165, 1.54) is 0 Å². The van der Waals surface area contributed by atoms with Crippen LogP contribution in [0.5, 0.6) is 0 Å². The average Bonchev–Trinajstić information content (AvgIpc) is 2.88. The molecule has 24 heavy (non-hydrogen) atoms. The van der Waals surface area contributed by atoms with Crippen molar-refractivity contribution in [1.29, 1.82) is 0 Å². The Morgan fingerprint density at radius 3 is 2.42 bits per heavy atom. The van der Waals surface area contributed by atoms with Gasteiger partial charge in [-0.3, -0.25) is 4.79 Å². The highest BCUT2D eigenvalue weighted by Gasteiger charge is 2.45. The van der Waals surface area contributed by atoms with E-state index in [9.17, 15) is 9.59 Å². The second-order valence-corrected chi connectivity index (χ2v) is 6.71. The molecule has 0 radical (unpaired) electrons. The van der Waals surface area contributed by atoms with Gasteiger partial charge in [0.1, 0.15) is 12.4 Å². The number of methoxy groups -OCH3 is 1. The van der Waals surface area contributed by atoms with Gasteiger partial charge in [-0.05, 0) is 31.2 Å². The fourth-order valence-corrected chi connectivity index (χ4v) is 3.94. The van der Waals surface area contributed by atoms with Crippen LogP contribution in [0.25, 0.3) is 0 Å². The van der Waals surface area contributed by atoms with Crippen LogP contribution in [0.2, 0.25) is 0 Å². The molecular weight excluding hydrogens is 306 g/mol. The second kappa shape index (κ2) is 7.79. The summed E-state index contributed by atoms with van der Waals surface area (Å²) in [5, 5.41) is 0. The maximum absolute atomic E-state index is 12.5. The number of ketones is 1. The number of piperidine rings is 1. The van der Waals surface area contributed by atoms with Crippen LogP contribution in [-0.4, -0.2) is 42.6 Å². The summed E-state index contributed by atoms with van der Waals surface area (Å²) in [4.78, 5) is 26.6. The van der Waals surface area contributed by atoms with Crippen LogP contribution in [0, 0.1) is 5.92 Å². The van der Waals surface area contributed by atoms with Gasteiger partial charge in [0.05, 0.1) is 6.61 Å². The van der Waals surface area contributed by atoms with E-state index in [0.717, 1.165) is 31.2 Å². The van der Waals surface area contributed by atoms with Gasteiger partial charge in [-0.1, -0.05) is 30.3 Å². The van der Waals surface area contributed by atoms with E-state index in [-0.39, 0.29) is 29.9 Å². The summed E-state index contributed by atoms with van der Waals surface area (Å²) in [5.41, 5.74) is 0.989. The summed E-state index contributed by atoms with van der Waals surface area (Å²) in [6, 6.07) is 9.99. The second-order valence-electron chi connectivity index (χ2n) is 6.71.